The maximum atomic E-state index is 13.8. The molecule has 1 aliphatic carbocycles. The third-order valence-electron chi connectivity index (χ3n) is 6.77. The van der Waals surface area contributed by atoms with E-state index in [0.29, 0.717) is 38.2 Å². The molecule has 3 unspecified atom stereocenters. The lowest BCUT2D eigenvalue weighted by Crippen LogP contribution is -2.55. The third kappa shape index (κ3) is 8.87. The normalized spacial score (nSPS) is 18.6. The molecule has 3 atom stereocenters. The number of aliphatic hydroxyl groups excluding tert-OH is 3. The van der Waals surface area contributed by atoms with Crippen molar-refractivity contribution in [2.75, 3.05) is 26.8 Å². The van der Waals surface area contributed by atoms with E-state index < -0.39 is 24.2 Å². The van der Waals surface area contributed by atoms with Gasteiger partial charge in [0.2, 0.25) is 11.8 Å². The van der Waals surface area contributed by atoms with Crippen LogP contribution in [0, 0.1) is 15.3 Å². The first-order chi connectivity index (χ1) is 19.6. The van der Waals surface area contributed by atoms with Gasteiger partial charge >= 0.3 is 0 Å². The fourth-order valence-electron chi connectivity index (χ4n) is 4.78. The molecule has 3 rings (SSSR count). The zero-order valence-corrected chi connectivity index (χ0v) is 25.6. The van der Waals surface area contributed by atoms with Gasteiger partial charge in [-0.25, -0.2) is 4.39 Å². The van der Waals surface area contributed by atoms with Crippen molar-refractivity contribution in [2.24, 2.45) is 5.92 Å². The highest BCUT2D eigenvalue weighted by molar-refractivity contribution is 14.1. The molecule has 0 aromatic heterocycles. The molecule has 41 heavy (non-hydrogen) atoms. The minimum Gasteiger partial charge on any atom is -0.493 e. The van der Waals surface area contributed by atoms with Gasteiger partial charge in [0.15, 0.2) is 11.5 Å². The Hall–Kier alpha value is -2.74. The Labute approximate surface area is 253 Å². The highest BCUT2D eigenvalue weighted by Gasteiger charge is 2.41. The van der Waals surface area contributed by atoms with E-state index >= 15 is 0 Å². The van der Waals surface area contributed by atoms with E-state index in [9.17, 15) is 29.3 Å². The predicted molar refractivity (Wildman–Crippen MR) is 160 cm³/mol. The van der Waals surface area contributed by atoms with Crippen molar-refractivity contribution in [2.45, 2.75) is 58.0 Å². The molecule has 2 aromatic rings. The second kappa shape index (κ2) is 15.5. The van der Waals surface area contributed by atoms with Crippen LogP contribution in [0.25, 0.3) is 0 Å². The van der Waals surface area contributed by atoms with E-state index in [2.05, 4.69) is 5.32 Å². The number of rotatable bonds is 13. The molecule has 4 N–H and O–H groups in total. The summed E-state index contributed by atoms with van der Waals surface area (Å²) in [6.07, 6.45) is -0.0903. The summed E-state index contributed by atoms with van der Waals surface area (Å²) >= 11 is 2.04. The zero-order chi connectivity index (χ0) is 30.1. The van der Waals surface area contributed by atoms with E-state index in [1.165, 1.54) is 25.3 Å². The van der Waals surface area contributed by atoms with Gasteiger partial charge in [-0.3, -0.25) is 9.59 Å². The number of nitrogens with one attached hydrogen (secondary N) is 1. The quantitative estimate of drug-likeness (QED) is 0.239. The van der Waals surface area contributed by atoms with Gasteiger partial charge in [0.25, 0.3) is 0 Å². The molecule has 9 nitrogen and oxygen atoms in total. The number of ether oxygens (including phenoxy) is 2. The van der Waals surface area contributed by atoms with Gasteiger partial charge in [-0.05, 0) is 76.4 Å². The van der Waals surface area contributed by atoms with Crippen molar-refractivity contribution in [3.05, 3.63) is 68.6 Å². The molecule has 0 bridgehead atoms. The van der Waals surface area contributed by atoms with Crippen LogP contribution in [-0.2, 0) is 22.6 Å². The average molecular weight is 685 g/mol. The number of amides is 2. The van der Waals surface area contributed by atoms with Gasteiger partial charge in [0.05, 0.1) is 29.9 Å². The summed E-state index contributed by atoms with van der Waals surface area (Å²) in [6, 6.07) is 8.67. The Morgan fingerprint density at radius 3 is 2.59 bits per heavy atom. The second-order valence-electron chi connectivity index (χ2n) is 10.3. The van der Waals surface area contributed by atoms with Crippen molar-refractivity contribution >= 4 is 34.4 Å². The number of hydrogen-bond donors (Lipinski definition) is 4. The van der Waals surface area contributed by atoms with Crippen LogP contribution < -0.4 is 14.8 Å². The van der Waals surface area contributed by atoms with Crippen molar-refractivity contribution in [1.29, 1.82) is 0 Å². The van der Waals surface area contributed by atoms with Crippen LogP contribution in [0.5, 0.6) is 11.5 Å². The first kappa shape index (κ1) is 32.8. The Bertz CT molecular complexity index is 1240. The fourth-order valence-corrected chi connectivity index (χ4v) is 5.57. The lowest BCUT2D eigenvalue weighted by Gasteiger charge is -2.41. The summed E-state index contributed by atoms with van der Waals surface area (Å²) in [7, 11) is 1.46. The fraction of sp³-hybridized carbons (Fsp3) is 0.467. The van der Waals surface area contributed by atoms with Gasteiger partial charge in [-0.1, -0.05) is 26.0 Å². The molecule has 224 valence electrons. The van der Waals surface area contributed by atoms with Crippen LogP contribution in [0.2, 0.25) is 0 Å². The minimum absolute atomic E-state index is 0.0405. The molecule has 0 radical (unpaired) electrons. The summed E-state index contributed by atoms with van der Waals surface area (Å²) in [6.45, 7) is 3.63. The summed E-state index contributed by atoms with van der Waals surface area (Å²) < 4.78 is 26.2. The molecule has 0 fully saturated rings. The molecule has 1 aliphatic rings. The molecular weight excluding hydrogens is 646 g/mol. The summed E-state index contributed by atoms with van der Waals surface area (Å²) in [5.74, 6) is -0.310. The average Bonchev–Trinajstić information content (AvgIpc) is 2.93. The smallest absolute Gasteiger partial charge is 0.247 e. The highest BCUT2D eigenvalue weighted by atomic mass is 127. The Morgan fingerprint density at radius 2 is 1.95 bits per heavy atom. The molecule has 0 saturated carbocycles. The number of methoxy groups -OCH3 is 1. The van der Waals surface area contributed by atoms with Crippen LogP contribution in [-0.4, -0.2) is 77.1 Å². The molecule has 0 spiro atoms. The van der Waals surface area contributed by atoms with Crippen LogP contribution in [0.15, 0.2) is 48.0 Å². The number of benzene rings is 2. The maximum Gasteiger partial charge on any atom is 0.247 e. The number of hydrogen-bond acceptors (Lipinski definition) is 7. The van der Waals surface area contributed by atoms with Gasteiger partial charge in [-0.2, -0.15) is 0 Å². The van der Waals surface area contributed by atoms with Crippen LogP contribution in [0.4, 0.5) is 4.39 Å². The highest BCUT2D eigenvalue weighted by Crippen LogP contribution is 2.37. The molecule has 11 heteroatoms. The van der Waals surface area contributed by atoms with E-state index in [4.69, 9.17) is 9.47 Å². The first-order valence-electron chi connectivity index (χ1n) is 13.5. The Morgan fingerprint density at radius 1 is 1.20 bits per heavy atom. The number of aliphatic hydroxyl groups is 3. The van der Waals surface area contributed by atoms with Crippen LogP contribution in [0.1, 0.15) is 37.8 Å². The first-order valence-corrected chi connectivity index (χ1v) is 14.6. The summed E-state index contributed by atoms with van der Waals surface area (Å²) in [4.78, 5) is 28.1. The number of nitrogens with zero attached hydrogens (tertiary/aromatic N) is 1. The van der Waals surface area contributed by atoms with Crippen LogP contribution >= 0.6 is 22.6 Å². The molecule has 0 heterocycles. The molecule has 0 saturated heterocycles. The standard InChI is InChI=1S/C30H38FIN2O7/c1-18(2)11-27(37)34(9-7-19-5-4-6-22(31)12-19)24-15-21(30(39)33-8-10-35)16-25(28(24)38)41-29-23(32)13-20(17-36)14-26(29)40-3/h4-6,12-14,16,18,24-25,28,35-36,38H,7-11,15,17H2,1-3H3,(H,33,39). The molecule has 0 aliphatic heterocycles. The van der Waals surface area contributed by atoms with E-state index in [-0.39, 0.29) is 56.8 Å². The number of carbonyl (C=O) groups is 2. The van der Waals surface area contributed by atoms with Gasteiger partial charge in [0.1, 0.15) is 18.0 Å². The number of carbonyl (C=O) groups excluding carboxylic acids is 2. The van der Waals surface area contributed by atoms with Gasteiger partial charge < -0.3 is 35.0 Å². The Balaban J connectivity index is 2.00. The van der Waals surface area contributed by atoms with Gasteiger partial charge in [-0.15, -0.1) is 0 Å². The molecular formula is C30H38FIN2O7. The van der Waals surface area contributed by atoms with Crippen molar-refractivity contribution in [3.63, 3.8) is 0 Å². The third-order valence-corrected chi connectivity index (χ3v) is 7.58. The monoisotopic (exact) mass is 684 g/mol. The summed E-state index contributed by atoms with van der Waals surface area (Å²) in [5.41, 5.74) is 1.61. The van der Waals surface area contributed by atoms with Gasteiger partial charge in [0, 0.05) is 31.5 Å². The van der Waals surface area contributed by atoms with Crippen LogP contribution in [0.3, 0.4) is 0 Å². The minimum atomic E-state index is -1.22. The largest absolute Gasteiger partial charge is 0.493 e. The van der Waals surface area contributed by atoms with Crippen molar-refractivity contribution in [1.82, 2.24) is 10.2 Å². The topological polar surface area (TPSA) is 129 Å². The molecule has 2 amide bonds. The number of halogens is 2. The summed E-state index contributed by atoms with van der Waals surface area (Å²) in [5, 5.41) is 33.1. The lowest BCUT2D eigenvalue weighted by molar-refractivity contribution is -0.139. The van der Waals surface area contributed by atoms with E-state index in [1.54, 1.807) is 29.2 Å². The van der Waals surface area contributed by atoms with E-state index in [1.807, 2.05) is 36.4 Å². The lowest BCUT2D eigenvalue weighted by atomic mass is 9.87. The van der Waals surface area contributed by atoms with Crippen molar-refractivity contribution in [3.8, 4) is 11.5 Å². The predicted octanol–water partition coefficient (Wildman–Crippen LogP) is 2.96. The maximum absolute atomic E-state index is 13.8. The zero-order valence-electron chi connectivity index (χ0n) is 23.5. The SMILES string of the molecule is COc1cc(CO)cc(I)c1OC1C=C(C(=O)NCCO)CC(N(CCc2cccc(F)c2)C(=O)CC(C)C)C1O. The van der Waals surface area contributed by atoms with E-state index in [0.717, 1.165) is 0 Å². The van der Waals surface area contributed by atoms with Crippen molar-refractivity contribution < 1.29 is 38.8 Å². The molecule has 2 aromatic carbocycles. The Kier molecular flexibility index (Phi) is 12.4. The second-order valence-corrected chi connectivity index (χ2v) is 11.5.